The van der Waals surface area contributed by atoms with Crippen LogP contribution in [0.15, 0.2) is 48.6 Å². The minimum Gasteiger partial charge on any atom is -0.462 e. The molecule has 0 radical (unpaired) electrons. The zero-order valence-electron chi connectivity index (χ0n) is 33.5. The van der Waals surface area contributed by atoms with Crippen LogP contribution in [0.5, 0.6) is 0 Å². The third kappa shape index (κ3) is 37.8. The second kappa shape index (κ2) is 38.7. The second-order valence-corrected chi connectivity index (χ2v) is 15.1. The lowest BCUT2D eigenvalue weighted by atomic mass is 10.1. The predicted molar refractivity (Wildman–Crippen MR) is 216 cm³/mol. The summed E-state index contributed by atoms with van der Waals surface area (Å²) in [6, 6.07) is 0. The highest BCUT2D eigenvalue weighted by atomic mass is 31.2. The molecule has 0 aliphatic rings. The molecule has 0 saturated heterocycles. The third-order valence-corrected chi connectivity index (χ3v) is 9.67. The summed E-state index contributed by atoms with van der Waals surface area (Å²) in [5.74, 6) is -0.824. The molecule has 0 spiro atoms. The molecule has 0 aliphatic heterocycles. The van der Waals surface area contributed by atoms with Crippen molar-refractivity contribution in [3.8, 4) is 0 Å². The van der Waals surface area contributed by atoms with Gasteiger partial charge < -0.3 is 14.4 Å². The van der Waals surface area contributed by atoms with Gasteiger partial charge in [0.15, 0.2) is 6.10 Å². The van der Waals surface area contributed by atoms with Crippen LogP contribution in [0.3, 0.4) is 0 Å². The van der Waals surface area contributed by atoms with Crippen LogP contribution in [0.25, 0.3) is 0 Å². The lowest BCUT2D eigenvalue weighted by Gasteiger charge is -2.19. The average molecular weight is 753 g/mol. The van der Waals surface area contributed by atoms with Crippen LogP contribution < -0.4 is 0 Å². The van der Waals surface area contributed by atoms with E-state index in [9.17, 15) is 19.0 Å². The molecule has 0 aromatic carbocycles. The van der Waals surface area contributed by atoms with E-state index in [0.717, 1.165) is 77.0 Å². The lowest BCUT2D eigenvalue weighted by molar-refractivity contribution is -0.161. The summed E-state index contributed by atoms with van der Waals surface area (Å²) in [5.41, 5.74) is 0. The molecule has 8 nitrogen and oxygen atoms in total. The summed E-state index contributed by atoms with van der Waals surface area (Å²) in [4.78, 5) is 34.7. The first-order valence-electron chi connectivity index (χ1n) is 20.9. The molecule has 0 amide bonds. The van der Waals surface area contributed by atoms with Gasteiger partial charge in [0.1, 0.15) is 6.61 Å². The Morgan fingerprint density at radius 2 is 0.923 bits per heavy atom. The molecule has 2 atom stereocenters. The molecule has 52 heavy (non-hydrogen) atoms. The van der Waals surface area contributed by atoms with Gasteiger partial charge in [0.2, 0.25) is 0 Å². The largest absolute Gasteiger partial charge is 0.472 e. The van der Waals surface area contributed by atoms with Gasteiger partial charge in [-0.3, -0.25) is 18.6 Å². The number of allylic oxidation sites excluding steroid dienone is 8. The molecular formula is C43H77O8P. The number of phosphoric ester groups is 1. The molecule has 302 valence electrons. The van der Waals surface area contributed by atoms with Crippen molar-refractivity contribution in [2.75, 3.05) is 19.8 Å². The van der Waals surface area contributed by atoms with Gasteiger partial charge in [-0.1, -0.05) is 140 Å². The van der Waals surface area contributed by atoms with Gasteiger partial charge in [0, 0.05) is 12.8 Å². The van der Waals surface area contributed by atoms with E-state index in [4.69, 9.17) is 18.5 Å². The number of phosphoric acid groups is 1. The van der Waals surface area contributed by atoms with E-state index in [1.165, 1.54) is 70.6 Å². The van der Waals surface area contributed by atoms with Gasteiger partial charge in [-0.25, -0.2) is 4.57 Å². The third-order valence-electron chi connectivity index (χ3n) is 8.61. The van der Waals surface area contributed by atoms with E-state index in [2.05, 4.69) is 62.5 Å². The topological polar surface area (TPSA) is 108 Å². The SMILES string of the molecule is CCCCC/C=C\C/C=C\CCCCCCCCCC(=O)OC(COC(=O)CCCCCCC/C=C\C/C=C\CCCCC)COP(=O)(O)OCC. The molecule has 0 bridgehead atoms. The van der Waals surface area contributed by atoms with Crippen LogP contribution in [0.1, 0.15) is 188 Å². The molecular weight excluding hydrogens is 675 g/mol. The van der Waals surface area contributed by atoms with E-state index in [1.54, 1.807) is 6.92 Å². The minimum atomic E-state index is -4.28. The quantitative estimate of drug-likeness (QED) is 0.0287. The van der Waals surface area contributed by atoms with E-state index in [1.807, 2.05) is 0 Å². The van der Waals surface area contributed by atoms with E-state index >= 15 is 0 Å². The Bertz CT molecular complexity index is 990. The molecule has 9 heteroatoms. The first kappa shape index (κ1) is 50.0. The van der Waals surface area contributed by atoms with Crippen LogP contribution in [-0.4, -0.2) is 42.8 Å². The lowest BCUT2D eigenvalue weighted by Crippen LogP contribution is -2.29. The maximum Gasteiger partial charge on any atom is 0.472 e. The van der Waals surface area contributed by atoms with E-state index in [-0.39, 0.29) is 32.0 Å². The maximum absolute atomic E-state index is 12.5. The molecule has 0 fully saturated rings. The number of unbranched alkanes of at least 4 members (excludes halogenated alkanes) is 18. The van der Waals surface area contributed by atoms with Crippen LogP contribution >= 0.6 is 7.82 Å². The van der Waals surface area contributed by atoms with Crippen molar-refractivity contribution in [2.45, 2.75) is 194 Å². The minimum absolute atomic E-state index is 0.00502. The number of hydrogen-bond donors (Lipinski definition) is 1. The molecule has 0 aliphatic carbocycles. The van der Waals surface area contributed by atoms with Crippen molar-refractivity contribution in [2.24, 2.45) is 0 Å². The van der Waals surface area contributed by atoms with E-state index in [0.29, 0.717) is 6.42 Å². The maximum atomic E-state index is 12.5. The monoisotopic (exact) mass is 753 g/mol. The summed E-state index contributed by atoms with van der Waals surface area (Å²) in [6.45, 7) is 5.39. The van der Waals surface area contributed by atoms with Crippen LogP contribution in [0.4, 0.5) is 0 Å². The Labute approximate surface area is 318 Å². The van der Waals surface area contributed by atoms with Gasteiger partial charge in [-0.15, -0.1) is 0 Å². The van der Waals surface area contributed by atoms with Crippen molar-refractivity contribution in [3.05, 3.63) is 48.6 Å². The van der Waals surface area contributed by atoms with Crippen molar-refractivity contribution in [1.29, 1.82) is 0 Å². The summed E-state index contributed by atoms with van der Waals surface area (Å²) < 4.78 is 32.6. The smallest absolute Gasteiger partial charge is 0.462 e. The predicted octanol–water partition coefficient (Wildman–Crippen LogP) is 13.0. The Morgan fingerprint density at radius 3 is 1.37 bits per heavy atom. The Hall–Kier alpha value is -1.99. The van der Waals surface area contributed by atoms with E-state index < -0.39 is 26.5 Å². The van der Waals surface area contributed by atoms with Crippen molar-refractivity contribution in [1.82, 2.24) is 0 Å². The summed E-state index contributed by atoms with van der Waals surface area (Å²) >= 11 is 0. The van der Waals surface area contributed by atoms with Crippen molar-refractivity contribution < 1.29 is 37.6 Å². The Morgan fingerprint density at radius 1 is 0.519 bits per heavy atom. The summed E-state index contributed by atoms with van der Waals surface area (Å²) in [7, 11) is -4.28. The van der Waals surface area contributed by atoms with Crippen LogP contribution in [0.2, 0.25) is 0 Å². The number of rotatable bonds is 38. The first-order chi connectivity index (χ1) is 25.3. The van der Waals surface area contributed by atoms with Gasteiger partial charge >= 0.3 is 19.8 Å². The zero-order valence-corrected chi connectivity index (χ0v) is 34.3. The Balaban J connectivity index is 4.14. The zero-order chi connectivity index (χ0) is 38.2. The number of ether oxygens (including phenoxy) is 2. The fourth-order valence-electron chi connectivity index (χ4n) is 5.51. The fourth-order valence-corrected chi connectivity index (χ4v) is 6.27. The molecule has 0 rings (SSSR count). The van der Waals surface area contributed by atoms with Crippen LogP contribution in [0, 0.1) is 0 Å². The molecule has 2 unspecified atom stereocenters. The van der Waals surface area contributed by atoms with Gasteiger partial charge in [-0.05, 0) is 84.0 Å². The fraction of sp³-hybridized carbons (Fsp3) is 0.767. The average Bonchev–Trinajstić information content (AvgIpc) is 3.12. The first-order valence-corrected chi connectivity index (χ1v) is 22.4. The number of carbonyl (C=O) groups excluding carboxylic acids is 2. The van der Waals surface area contributed by atoms with Gasteiger partial charge in [-0.2, -0.15) is 0 Å². The highest BCUT2D eigenvalue weighted by Gasteiger charge is 2.25. The highest BCUT2D eigenvalue weighted by Crippen LogP contribution is 2.43. The normalized spacial score (nSPS) is 13.8. The summed E-state index contributed by atoms with van der Waals surface area (Å²) in [5, 5.41) is 0. The molecule has 0 aromatic rings. The molecule has 0 heterocycles. The number of esters is 2. The molecule has 0 aromatic heterocycles. The van der Waals surface area contributed by atoms with Crippen molar-refractivity contribution in [3.63, 3.8) is 0 Å². The standard InChI is InChI=1S/C43H77O8P/c1-4-7-9-11-13-15-17-19-21-22-24-26-28-30-32-34-36-38-43(45)51-41(40-50-52(46,47)49-6-3)39-48-42(44)37-35-33-31-29-27-25-23-20-18-16-14-12-10-8-5-2/h13-16,19-21,23,41H,4-12,17-18,22,24-40H2,1-3H3,(H,46,47)/b15-13-,16-14-,21-19-,23-20-. The summed E-state index contributed by atoms with van der Waals surface area (Å²) in [6.07, 6.45) is 44.4. The molecule has 0 saturated carbocycles. The second-order valence-electron chi connectivity index (χ2n) is 13.6. The number of carbonyl (C=O) groups is 2. The number of hydrogen-bond acceptors (Lipinski definition) is 7. The highest BCUT2D eigenvalue weighted by molar-refractivity contribution is 7.47. The van der Waals surface area contributed by atoms with Gasteiger partial charge in [0.05, 0.1) is 13.2 Å². The van der Waals surface area contributed by atoms with Crippen LogP contribution in [-0.2, 0) is 32.7 Å². The van der Waals surface area contributed by atoms with Gasteiger partial charge in [0.25, 0.3) is 0 Å². The molecule has 1 N–H and O–H groups in total. The van der Waals surface area contributed by atoms with Crippen molar-refractivity contribution >= 4 is 19.8 Å². The Kier molecular flexibility index (Phi) is 37.2.